The second-order valence-electron chi connectivity index (χ2n) is 4.71. The van der Waals surface area contributed by atoms with Crippen molar-refractivity contribution in [1.82, 2.24) is 14.9 Å². The summed E-state index contributed by atoms with van der Waals surface area (Å²) in [5, 5.41) is 3.39. The zero-order valence-electron chi connectivity index (χ0n) is 12.2. The Balaban J connectivity index is 2.14. The van der Waals surface area contributed by atoms with Crippen LogP contribution in [0.1, 0.15) is 12.5 Å². The van der Waals surface area contributed by atoms with E-state index in [1.165, 1.54) is 17.3 Å². The number of nitrogens with one attached hydrogen (secondary N) is 1. The Hall–Kier alpha value is -2.01. The minimum atomic E-state index is -0.212. The van der Waals surface area contributed by atoms with Crippen LogP contribution in [0.5, 0.6) is 0 Å². The van der Waals surface area contributed by atoms with Gasteiger partial charge in [0.05, 0.1) is 5.25 Å². The highest BCUT2D eigenvalue weighted by atomic mass is 32.2. The standard InChI is InChI=1S/C16H19N3OS/c1-4-8-17-15(20)13(3)21-16-18-9-10-19(16)14-7-5-6-12(2)11-14/h4-7,9-11,13H,1,8H2,2-3H3,(H,17,20)/t13-/m0/s1. The quantitative estimate of drug-likeness (QED) is 0.659. The van der Waals surface area contributed by atoms with Gasteiger partial charge in [0.15, 0.2) is 5.16 Å². The first-order valence-electron chi connectivity index (χ1n) is 6.77. The van der Waals surface area contributed by atoms with Crippen LogP contribution < -0.4 is 5.32 Å². The van der Waals surface area contributed by atoms with Crippen LogP contribution in [0.25, 0.3) is 5.69 Å². The number of benzene rings is 1. The lowest BCUT2D eigenvalue weighted by Gasteiger charge is -2.12. The predicted octanol–water partition coefficient (Wildman–Crippen LogP) is 2.96. The number of hydrogen-bond donors (Lipinski definition) is 1. The first-order chi connectivity index (χ1) is 10.1. The third kappa shape index (κ3) is 3.98. The van der Waals surface area contributed by atoms with E-state index in [1.807, 2.05) is 29.8 Å². The zero-order chi connectivity index (χ0) is 15.2. The molecule has 0 bridgehead atoms. The van der Waals surface area contributed by atoms with E-state index in [2.05, 4.69) is 35.9 Å². The Morgan fingerprint density at radius 1 is 1.57 bits per heavy atom. The highest BCUT2D eigenvalue weighted by molar-refractivity contribution is 8.00. The summed E-state index contributed by atoms with van der Waals surface area (Å²) in [6.07, 6.45) is 5.33. The van der Waals surface area contributed by atoms with Gasteiger partial charge in [-0.25, -0.2) is 4.98 Å². The van der Waals surface area contributed by atoms with E-state index >= 15 is 0 Å². The van der Waals surface area contributed by atoms with E-state index in [0.29, 0.717) is 6.54 Å². The Morgan fingerprint density at radius 3 is 3.10 bits per heavy atom. The molecular formula is C16H19N3OS. The van der Waals surface area contributed by atoms with E-state index < -0.39 is 0 Å². The Labute approximate surface area is 129 Å². The van der Waals surface area contributed by atoms with Crippen LogP contribution in [0, 0.1) is 6.92 Å². The maximum atomic E-state index is 11.9. The van der Waals surface area contributed by atoms with Gasteiger partial charge in [-0.05, 0) is 31.5 Å². The number of carbonyl (C=O) groups excluding carboxylic acids is 1. The van der Waals surface area contributed by atoms with Gasteiger partial charge < -0.3 is 5.32 Å². The second-order valence-corrected chi connectivity index (χ2v) is 6.02. The number of nitrogens with zero attached hydrogens (tertiary/aromatic N) is 2. The lowest BCUT2D eigenvalue weighted by molar-refractivity contribution is -0.120. The average Bonchev–Trinajstić information content (AvgIpc) is 2.92. The van der Waals surface area contributed by atoms with Crippen molar-refractivity contribution in [2.45, 2.75) is 24.3 Å². The summed E-state index contributed by atoms with van der Waals surface area (Å²) >= 11 is 1.44. The smallest absolute Gasteiger partial charge is 0.233 e. The summed E-state index contributed by atoms with van der Waals surface area (Å²) in [5.74, 6) is -0.0151. The van der Waals surface area contributed by atoms with Gasteiger partial charge in [0.1, 0.15) is 0 Å². The molecule has 1 aromatic heterocycles. The van der Waals surface area contributed by atoms with Gasteiger partial charge in [0.2, 0.25) is 5.91 Å². The lowest BCUT2D eigenvalue weighted by atomic mass is 10.2. The third-order valence-corrected chi connectivity index (χ3v) is 4.04. The van der Waals surface area contributed by atoms with E-state index in [-0.39, 0.29) is 11.2 Å². The number of thioether (sulfide) groups is 1. The Morgan fingerprint density at radius 2 is 2.38 bits per heavy atom. The van der Waals surface area contributed by atoms with Gasteiger partial charge in [0, 0.05) is 24.6 Å². The van der Waals surface area contributed by atoms with Crippen LogP contribution in [-0.2, 0) is 4.79 Å². The molecule has 0 spiro atoms. The Kier molecular flexibility index (Phi) is 5.22. The molecule has 1 N–H and O–H groups in total. The van der Waals surface area contributed by atoms with Crippen LogP contribution >= 0.6 is 11.8 Å². The second kappa shape index (κ2) is 7.13. The minimum absolute atomic E-state index is 0.0151. The number of hydrogen-bond acceptors (Lipinski definition) is 3. The number of aryl methyl sites for hydroxylation is 1. The number of amides is 1. The molecule has 1 atom stereocenters. The van der Waals surface area contributed by atoms with E-state index in [1.54, 1.807) is 12.3 Å². The summed E-state index contributed by atoms with van der Waals surface area (Å²) in [5.41, 5.74) is 2.24. The van der Waals surface area contributed by atoms with Crippen molar-refractivity contribution in [3.8, 4) is 5.69 Å². The highest BCUT2D eigenvalue weighted by Gasteiger charge is 2.17. The molecule has 0 aliphatic carbocycles. The molecule has 4 nitrogen and oxygen atoms in total. The summed E-state index contributed by atoms with van der Waals surface area (Å²) in [4.78, 5) is 16.3. The first kappa shape index (κ1) is 15.4. The van der Waals surface area contributed by atoms with Crippen molar-refractivity contribution in [1.29, 1.82) is 0 Å². The molecule has 0 radical (unpaired) electrons. The summed E-state index contributed by atoms with van der Waals surface area (Å²) in [6.45, 7) is 8.00. The van der Waals surface area contributed by atoms with Crippen LogP contribution in [0.2, 0.25) is 0 Å². The van der Waals surface area contributed by atoms with Crippen LogP contribution in [-0.4, -0.2) is 27.3 Å². The molecule has 1 aromatic carbocycles. The topological polar surface area (TPSA) is 46.9 Å². The fraction of sp³-hybridized carbons (Fsp3) is 0.250. The largest absolute Gasteiger partial charge is 0.352 e. The number of carbonyl (C=O) groups is 1. The summed E-state index contributed by atoms with van der Waals surface area (Å²) < 4.78 is 1.99. The molecule has 0 saturated carbocycles. The molecule has 110 valence electrons. The molecule has 0 saturated heterocycles. The molecular weight excluding hydrogens is 282 g/mol. The molecule has 5 heteroatoms. The molecule has 2 rings (SSSR count). The van der Waals surface area contributed by atoms with Crippen molar-refractivity contribution in [2.24, 2.45) is 0 Å². The fourth-order valence-electron chi connectivity index (χ4n) is 1.88. The SMILES string of the molecule is C=CCNC(=O)[C@H](C)Sc1nccn1-c1cccc(C)c1. The molecule has 1 amide bonds. The van der Waals surface area contributed by atoms with Crippen molar-refractivity contribution in [2.75, 3.05) is 6.54 Å². The van der Waals surface area contributed by atoms with Crippen molar-refractivity contribution >= 4 is 17.7 Å². The molecule has 0 unspecified atom stereocenters. The van der Waals surface area contributed by atoms with Gasteiger partial charge in [-0.15, -0.1) is 6.58 Å². The predicted molar refractivity (Wildman–Crippen MR) is 86.8 cm³/mol. The molecule has 0 fully saturated rings. The Bertz CT molecular complexity index is 636. The number of imidazole rings is 1. The molecule has 21 heavy (non-hydrogen) atoms. The van der Waals surface area contributed by atoms with E-state index in [0.717, 1.165) is 10.8 Å². The van der Waals surface area contributed by atoms with Gasteiger partial charge >= 0.3 is 0 Å². The van der Waals surface area contributed by atoms with Gasteiger partial charge in [-0.1, -0.05) is 30.0 Å². The zero-order valence-corrected chi connectivity index (χ0v) is 13.1. The normalized spacial score (nSPS) is 11.9. The fourth-order valence-corrected chi connectivity index (χ4v) is 2.79. The molecule has 2 aromatic rings. The average molecular weight is 301 g/mol. The first-order valence-corrected chi connectivity index (χ1v) is 7.65. The summed E-state index contributed by atoms with van der Waals surface area (Å²) in [7, 11) is 0. The summed E-state index contributed by atoms with van der Waals surface area (Å²) in [6, 6.07) is 8.19. The van der Waals surface area contributed by atoms with Crippen molar-refractivity contribution < 1.29 is 4.79 Å². The molecule has 0 aliphatic heterocycles. The van der Waals surface area contributed by atoms with E-state index in [9.17, 15) is 4.79 Å². The molecule has 1 heterocycles. The van der Waals surface area contributed by atoms with Crippen LogP contribution in [0.3, 0.4) is 0 Å². The number of aromatic nitrogens is 2. The minimum Gasteiger partial charge on any atom is -0.352 e. The monoisotopic (exact) mass is 301 g/mol. The highest BCUT2D eigenvalue weighted by Crippen LogP contribution is 2.24. The molecule has 0 aliphatic rings. The maximum Gasteiger partial charge on any atom is 0.233 e. The van der Waals surface area contributed by atoms with Crippen LogP contribution in [0.15, 0.2) is 54.5 Å². The lowest BCUT2D eigenvalue weighted by Crippen LogP contribution is -2.31. The van der Waals surface area contributed by atoms with Gasteiger partial charge in [-0.3, -0.25) is 9.36 Å². The van der Waals surface area contributed by atoms with Crippen LogP contribution in [0.4, 0.5) is 0 Å². The van der Waals surface area contributed by atoms with Crippen molar-refractivity contribution in [3.63, 3.8) is 0 Å². The number of rotatable bonds is 6. The van der Waals surface area contributed by atoms with Gasteiger partial charge in [-0.2, -0.15) is 0 Å². The van der Waals surface area contributed by atoms with E-state index in [4.69, 9.17) is 0 Å². The van der Waals surface area contributed by atoms with Gasteiger partial charge in [0.25, 0.3) is 0 Å². The maximum absolute atomic E-state index is 11.9. The van der Waals surface area contributed by atoms with Crippen molar-refractivity contribution in [3.05, 3.63) is 54.9 Å². The third-order valence-electron chi connectivity index (χ3n) is 2.96.